The predicted octanol–water partition coefficient (Wildman–Crippen LogP) is 28.4. The number of aromatic nitrogens is 4. The molecule has 6 heterocycles. The van der Waals surface area contributed by atoms with Crippen LogP contribution >= 0.6 is 68.8 Å². The smallest absolute Gasteiger partial charge is 0.172 e. The average molecular weight is 1370 g/mol. The van der Waals surface area contributed by atoms with Crippen LogP contribution in [0.1, 0.15) is 294 Å². The van der Waals surface area contributed by atoms with Crippen LogP contribution in [0.5, 0.6) is 11.5 Å². The molecule has 14 heteroatoms. The standard InChI is InChI=1S/C78H112F2N4O2S6/c1-9-15-21-25-27-29-31-33-35-39-49-85-76-68(61-46-45-55(7)87-61)74-75(84-92-83-74)69(77(76)86-50-40-36-34-32-30-28-26-22-16-10-2)62-47-48-63(89-62)78-60(52-58(42-20-14-6)44-38-24-18-12-4)54-65(90-78)67-71(80)70(79)66(72-73(67)82-91-81-72)64-53-59(56(8)88-64)51-57(41-19-13-5)43-37-23-17-11-3/h45-48,53-54,57-58H,9-44,49-52H2,1-8H3. The van der Waals surface area contributed by atoms with Crippen molar-refractivity contribution < 1.29 is 18.3 Å². The van der Waals surface area contributed by atoms with Crippen LogP contribution in [0, 0.1) is 37.3 Å². The van der Waals surface area contributed by atoms with E-state index in [0.717, 1.165) is 134 Å². The summed E-state index contributed by atoms with van der Waals surface area (Å²) in [4.78, 5) is 8.16. The maximum Gasteiger partial charge on any atom is 0.172 e. The SMILES string of the molecule is CCCCCCCCCCCCOc1c(OCCCCCCCCCCCC)c(-c2ccc(-c3sc(-c4c(F)c(F)c(-c5cc(CC(CCCC)CCCCCC)c(C)s5)c5nsnc45)cc3CC(CCCC)CCCCCC)s2)c2nsnc2c1-c1ccc(C)s1. The molecule has 8 rings (SSSR count). The second-order valence-corrected chi connectivity index (χ2v) is 32.4. The molecule has 0 bridgehead atoms. The summed E-state index contributed by atoms with van der Waals surface area (Å²) in [5.41, 5.74) is 7.36. The van der Waals surface area contributed by atoms with E-state index in [1.165, 1.54) is 212 Å². The lowest BCUT2D eigenvalue weighted by Gasteiger charge is -2.20. The highest BCUT2D eigenvalue weighted by atomic mass is 32.1. The van der Waals surface area contributed by atoms with Gasteiger partial charge in [0.25, 0.3) is 0 Å². The zero-order valence-corrected chi connectivity index (χ0v) is 62.6. The normalized spacial score (nSPS) is 12.6. The van der Waals surface area contributed by atoms with E-state index in [1.54, 1.807) is 45.3 Å². The van der Waals surface area contributed by atoms with E-state index in [9.17, 15) is 0 Å². The number of fused-ring (bicyclic) bond motifs is 2. The third-order valence-electron chi connectivity index (χ3n) is 19.0. The number of benzene rings is 2. The fraction of sp³-hybridized carbons (Fsp3) is 0.641. The zero-order chi connectivity index (χ0) is 64.9. The summed E-state index contributed by atoms with van der Waals surface area (Å²) in [5, 5.41) is 0. The summed E-state index contributed by atoms with van der Waals surface area (Å²) in [5.74, 6) is 0.887. The van der Waals surface area contributed by atoms with Gasteiger partial charge in [-0.15, -0.1) is 45.3 Å². The van der Waals surface area contributed by atoms with Crippen LogP contribution in [-0.4, -0.2) is 30.7 Å². The van der Waals surface area contributed by atoms with E-state index < -0.39 is 11.6 Å². The molecule has 0 N–H and O–H groups in total. The first-order valence-corrected chi connectivity index (χ1v) is 41.5. The number of thiophene rings is 4. The van der Waals surface area contributed by atoms with Gasteiger partial charge >= 0.3 is 0 Å². The van der Waals surface area contributed by atoms with Gasteiger partial charge in [0, 0.05) is 39.0 Å². The Morgan fingerprint density at radius 2 is 0.717 bits per heavy atom. The van der Waals surface area contributed by atoms with Crippen molar-refractivity contribution in [3.8, 4) is 63.0 Å². The molecule has 8 aromatic rings. The van der Waals surface area contributed by atoms with Gasteiger partial charge in [-0.3, -0.25) is 0 Å². The number of rotatable bonds is 49. The monoisotopic (exact) mass is 1370 g/mol. The summed E-state index contributed by atoms with van der Waals surface area (Å²) in [6.07, 6.45) is 46.1. The molecule has 92 heavy (non-hydrogen) atoms. The molecule has 0 fully saturated rings. The van der Waals surface area contributed by atoms with Crippen LogP contribution in [0.2, 0.25) is 0 Å². The van der Waals surface area contributed by atoms with E-state index >= 15 is 8.78 Å². The van der Waals surface area contributed by atoms with Crippen LogP contribution < -0.4 is 9.47 Å². The highest BCUT2D eigenvalue weighted by molar-refractivity contribution is 7.25. The minimum Gasteiger partial charge on any atom is -0.489 e. The Kier molecular flexibility index (Phi) is 32.9. The molecule has 0 aliphatic heterocycles. The lowest BCUT2D eigenvalue weighted by Crippen LogP contribution is -2.06. The van der Waals surface area contributed by atoms with Gasteiger partial charge in [-0.1, -0.05) is 260 Å². The topological polar surface area (TPSA) is 70.0 Å². The van der Waals surface area contributed by atoms with Gasteiger partial charge in [-0.05, 0) is 98.9 Å². The molecule has 0 amide bonds. The third-order valence-corrected chi connectivity index (χ3v) is 24.6. The van der Waals surface area contributed by atoms with Crippen molar-refractivity contribution in [1.82, 2.24) is 17.5 Å². The Bertz CT molecular complexity index is 3380. The number of unbranched alkanes of at least 4 members (excludes halogenated alkanes) is 26. The Balaban J connectivity index is 1.18. The molecular weight excluding hydrogens is 1260 g/mol. The number of aryl methyl sites for hydroxylation is 2. The molecule has 0 radical (unpaired) electrons. The van der Waals surface area contributed by atoms with Crippen LogP contribution in [0.15, 0.2) is 36.4 Å². The minimum absolute atomic E-state index is 0.221. The Hall–Kier alpha value is -3.66. The quantitative estimate of drug-likeness (QED) is 0.0354. The predicted molar refractivity (Wildman–Crippen MR) is 402 cm³/mol. The molecule has 506 valence electrons. The summed E-state index contributed by atoms with van der Waals surface area (Å²) in [6.45, 7) is 19.2. The molecule has 0 aliphatic rings. The summed E-state index contributed by atoms with van der Waals surface area (Å²) in [6, 6.07) is 13.2. The first kappa shape index (κ1) is 74.1. The van der Waals surface area contributed by atoms with Crippen molar-refractivity contribution in [3.63, 3.8) is 0 Å². The Morgan fingerprint density at radius 1 is 0.359 bits per heavy atom. The maximum atomic E-state index is 17.7. The zero-order valence-electron chi connectivity index (χ0n) is 57.7. The number of hydrogen-bond donors (Lipinski definition) is 0. The molecule has 6 aromatic heterocycles. The van der Waals surface area contributed by atoms with E-state index in [1.807, 2.05) is 0 Å². The van der Waals surface area contributed by atoms with Gasteiger partial charge in [0.1, 0.15) is 22.1 Å². The molecule has 0 saturated carbocycles. The molecular formula is C78H112F2N4O2S6. The number of nitrogens with zero attached hydrogens (tertiary/aromatic N) is 4. The first-order chi connectivity index (χ1) is 45.1. The van der Waals surface area contributed by atoms with Crippen molar-refractivity contribution in [2.45, 2.75) is 299 Å². The van der Waals surface area contributed by atoms with Gasteiger partial charge in [0.05, 0.1) is 58.9 Å². The maximum absolute atomic E-state index is 17.7. The Labute approximate surface area is 578 Å². The fourth-order valence-corrected chi connectivity index (χ4v) is 19.1. The van der Waals surface area contributed by atoms with Gasteiger partial charge in [-0.25, -0.2) is 8.78 Å². The number of halogens is 2. The van der Waals surface area contributed by atoms with Crippen molar-refractivity contribution in [3.05, 3.63) is 68.9 Å². The van der Waals surface area contributed by atoms with Crippen molar-refractivity contribution in [1.29, 1.82) is 0 Å². The minimum atomic E-state index is -0.841. The average Bonchev–Trinajstić information content (AvgIpc) is 1.51. The Morgan fingerprint density at radius 3 is 1.16 bits per heavy atom. The first-order valence-electron chi connectivity index (χ1n) is 36.7. The second kappa shape index (κ2) is 40.8. The molecule has 2 aromatic carbocycles. The highest BCUT2D eigenvalue weighted by Crippen LogP contribution is 2.55. The van der Waals surface area contributed by atoms with E-state index in [2.05, 4.69) is 91.8 Å². The van der Waals surface area contributed by atoms with Crippen LogP contribution in [-0.2, 0) is 12.8 Å². The molecule has 0 spiro atoms. The van der Waals surface area contributed by atoms with Crippen molar-refractivity contribution in [2.75, 3.05) is 13.2 Å². The van der Waals surface area contributed by atoms with Crippen molar-refractivity contribution >= 4 is 90.9 Å². The third kappa shape index (κ3) is 21.2. The summed E-state index contributed by atoms with van der Waals surface area (Å²) in [7, 11) is 0. The summed E-state index contributed by atoms with van der Waals surface area (Å²) < 4.78 is 69.5. The second-order valence-electron chi connectivity index (χ2n) is 26.6. The van der Waals surface area contributed by atoms with Gasteiger partial charge < -0.3 is 9.47 Å². The van der Waals surface area contributed by atoms with Gasteiger partial charge in [-0.2, -0.15) is 17.5 Å². The van der Waals surface area contributed by atoms with Crippen LogP contribution in [0.3, 0.4) is 0 Å². The van der Waals surface area contributed by atoms with E-state index in [0.29, 0.717) is 41.0 Å². The lowest BCUT2D eigenvalue weighted by atomic mass is 9.89. The van der Waals surface area contributed by atoms with E-state index in [4.69, 9.17) is 27.0 Å². The fourth-order valence-electron chi connectivity index (χ4n) is 13.6. The number of ether oxygens (including phenoxy) is 2. The van der Waals surface area contributed by atoms with Gasteiger partial charge in [0.2, 0.25) is 0 Å². The van der Waals surface area contributed by atoms with Crippen LogP contribution in [0.25, 0.3) is 73.6 Å². The highest BCUT2D eigenvalue weighted by Gasteiger charge is 2.32. The molecule has 0 aliphatic carbocycles. The largest absolute Gasteiger partial charge is 0.489 e. The molecule has 0 saturated heterocycles. The lowest BCUT2D eigenvalue weighted by molar-refractivity contribution is 0.260. The molecule has 2 atom stereocenters. The molecule has 6 nitrogen and oxygen atoms in total. The number of hydrogen-bond acceptors (Lipinski definition) is 12. The van der Waals surface area contributed by atoms with Crippen molar-refractivity contribution in [2.24, 2.45) is 11.8 Å². The van der Waals surface area contributed by atoms with Gasteiger partial charge in [0.15, 0.2) is 23.1 Å². The molecule has 2 unspecified atom stereocenters. The van der Waals surface area contributed by atoms with E-state index in [-0.39, 0.29) is 11.1 Å². The summed E-state index contributed by atoms with van der Waals surface area (Å²) >= 11 is 8.95. The van der Waals surface area contributed by atoms with Crippen LogP contribution in [0.4, 0.5) is 8.78 Å².